The highest BCUT2D eigenvalue weighted by atomic mass is 79.9. The predicted molar refractivity (Wildman–Crippen MR) is 81.9 cm³/mol. The second-order valence-electron chi connectivity index (χ2n) is 5.32. The normalized spacial score (nSPS) is 24.3. The molecule has 1 saturated carbocycles. The Morgan fingerprint density at radius 2 is 1.95 bits per heavy atom. The summed E-state index contributed by atoms with van der Waals surface area (Å²) < 4.78 is 24.3. The maximum Gasteiger partial charge on any atom is 0.150 e. The van der Waals surface area contributed by atoms with Crippen molar-refractivity contribution in [1.82, 2.24) is 5.32 Å². The molecular formula is C14H20BrNO2S. The highest BCUT2D eigenvalue weighted by molar-refractivity contribution is 9.10. The first-order valence-corrected chi connectivity index (χ1v) is 9.36. The number of benzene rings is 1. The molecule has 0 heterocycles. The van der Waals surface area contributed by atoms with Gasteiger partial charge in [0.05, 0.1) is 5.25 Å². The molecule has 0 aliphatic heterocycles. The fourth-order valence-electron chi connectivity index (χ4n) is 2.58. The van der Waals surface area contributed by atoms with Crippen LogP contribution in [0, 0.1) is 0 Å². The van der Waals surface area contributed by atoms with E-state index in [1.165, 1.54) is 11.8 Å². The monoisotopic (exact) mass is 345 g/mol. The summed E-state index contributed by atoms with van der Waals surface area (Å²) in [6.45, 7) is 0.800. The highest BCUT2D eigenvalue weighted by Crippen LogP contribution is 2.24. The van der Waals surface area contributed by atoms with Crippen molar-refractivity contribution in [3.8, 4) is 0 Å². The molecule has 1 aliphatic carbocycles. The molecule has 2 atom stereocenters. The summed E-state index contributed by atoms with van der Waals surface area (Å²) in [5.74, 6) is 0. The first-order chi connectivity index (χ1) is 8.95. The van der Waals surface area contributed by atoms with Crippen LogP contribution in [0.1, 0.15) is 31.2 Å². The zero-order valence-electron chi connectivity index (χ0n) is 11.1. The van der Waals surface area contributed by atoms with Gasteiger partial charge in [0.15, 0.2) is 0 Å². The van der Waals surface area contributed by atoms with Gasteiger partial charge in [-0.25, -0.2) is 8.42 Å². The number of nitrogens with one attached hydrogen (secondary N) is 1. The third-order valence-corrected chi connectivity index (χ3v) is 5.91. The lowest BCUT2D eigenvalue weighted by Crippen LogP contribution is -2.38. The van der Waals surface area contributed by atoms with Gasteiger partial charge in [-0.15, -0.1) is 0 Å². The van der Waals surface area contributed by atoms with Gasteiger partial charge in [0.25, 0.3) is 0 Å². The molecule has 0 spiro atoms. The first kappa shape index (κ1) is 15.0. The smallest absolute Gasteiger partial charge is 0.150 e. The maximum absolute atomic E-state index is 11.6. The molecule has 0 aromatic heterocycles. The van der Waals surface area contributed by atoms with E-state index in [1.807, 2.05) is 12.1 Å². The summed E-state index contributed by atoms with van der Waals surface area (Å²) in [5, 5.41) is 3.32. The van der Waals surface area contributed by atoms with Gasteiger partial charge in [0, 0.05) is 23.3 Å². The van der Waals surface area contributed by atoms with Crippen molar-refractivity contribution in [2.24, 2.45) is 0 Å². The average Bonchev–Trinajstić information content (AvgIpc) is 2.37. The number of hydrogen-bond acceptors (Lipinski definition) is 3. The Balaban J connectivity index is 1.87. The van der Waals surface area contributed by atoms with E-state index in [-0.39, 0.29) is 5.25 Å². The van der Waals surface area contributed by atoms with Crippen molar-refractivity contribution in [3.05, 3.63) is 34.3 Å². The van der Waals surface area contributed by atoms with Crippen LogP contribution in [-0.2, 0) is 16.4 Å². The van der Waals surface area contributed by atoms with Crippen LogP contribution in [0.25, 0.3) is 0 Å². The quantitative estimate of drug-likeness (QED) is 0.912. The minimum absolute atomic E-state index is 0.163. The van der Waals surface area contributed by atoms with Gasteiger partial charge in [-0.05, 0) is 37.0 Å². The van der Waals surface area contributed by atoms with E-state index in [4.69, 9.17) is 0 Å². The maximum atomic E-state index is 11.6. The van der Waals surface area contributed by atoms with Crippen LogP contribution in [0.2, 0.25) is 0 Å². The Morgan fingerprint density at radius 1 is 1.26 bits per heavy atom. The van der Waals surface area contributed by atoms with Crippen LogP contribution < -0.4 is 5.32 Å². The summed E-state index contributed by atoms with van der Waals surface area (Å²) in [5.41, 5.74) is 1.23. The summed E-state index contributed by atoms with van der Waals surface area (Å²) in [6, 6.07) is 8.52. The van der Waals surface area contributed by atoms with E-state index in [1.54, 1.807) is 0 Å². The molecular weight excluding hydrogens is 326 g/mol. The Bertz CT molecular complexity index is 513. The number of hydrogen-bond donors (Lipinski definition) is 1. The van der Waals surface area contributed by atoms with Gasteiger partial charge in [0.1, 0.15) is 9.84 Å². The van der Waals surface area contributed by atoms with Crippen LogP contribution in [0.4, 0.5) is 0 Å². The highest BCUT2D eigenvalue weighted by Gasteiger charge is 2.28. The largest absolute Gasteiger partial charge is 0.310 e. The van der Waals surface area contributed by atoms with E-state index >= 15 is 0 Å². The molecule has 0 amide bonds. The zero-order valence-corrected chi connectivity index (χ0v) is 13.5. The van der Waals surface area contributed by atoms with Gasteiger partial charge < -0.3 is 5.32 Å². The lowest BCUT2D eigenvalue weighted by molar-refractivity contribution is 0.371. The van der Waals surface area contributed by atoms with E-state index in [9.17, 15) is 8.42 Å². The SMILES string of the molecule is CS(=O)(=O)C1CCCC(NCc2ccc(Br)cc2)C1. The van der Waals surface area contributed by atoms with Crippen molar-refractivity contribution in [1.29, 1.82) is 0 Å². The number of sulfone groups is 1. The molecule has 3 nitrogen and oxygen atoms in total. The minimum atomic E-state index is -2.89. The predicted octanol–water partition coefficient (Wildman–Crippen LogP) is 2.89. The molecule has 0 saturated heterocycles. The molecule has 1 fully saturated rings. The van der Waals surface area contributed by atoms with E-state index in [0.717, 1.165) is 36.7 Å². The van der Waals surface area contributed by atoms with Crippen LogP contribution in [0.15, 0.2) is 28.7 Å². The molecule has 2 rings (SSSR count). The van der Waals surface area contributed by atoms with Crippen LogP contribution in [0.5, 0.6) is 0 Å². The minimum Gasteiger partial charge on any atom is -0.310 e. The third-order valence-electron chi connectivity index (χ3n) is 3.74. The Labute approximate surface area is 123 Å². The van der Waals surface area contributed by atoms with Gasteiger partial charge in [-0.2, -0.15) is 0 Å². The fourth-order valence-corrected chi connectivity index (χ4v) is 4.02. The fraction of sp³-hybridized carbons (Fsp3) is 0.571. The molecule has 106 valence electrons. The van der Waals surface area contributed by atoms with E-state index in [0.29, 0.717) is 6.04 Å². The van der Waals surface area contributed by atoms with Crippen LogP contribution >= 0.6 is 15.9 Å². The Morgan fingerprint density at radius 3 is 2.58 bits per heavy atom. The molecule has 0 bridgehead atoms. The molecule has 1 aliphatic rings. The standard InChI is InChI=1S/C14H20BrNO2S/c1-19(17,18)14-4-2-3-13(9-14)16-10-11-5-7-12(15)8-6-11/h5-8,13-14,16H,2-4,9-10H2,1H3. The second kappa shape index (κ2) is 6.37. The molecule has 1 N–H and O–H groups in total. The molecule has 5 heteroatoms. The third kappa shape index (κ3) is 4.58. The molecule has 0 radical (unpaired) electrons. The van der Waals surface area contributed by atoms with Crippen molar-refractivity contribution in [2.75, 3.05) is 6.26 Å². The second-order valence-corrected chi connectivity index (χ2v) is 8.56. The van der Waals surface area contributed by atoms with E-state index in [2.05, 4.69) is 33.4 Å². The molecule has 2 unspecified atom stereocenters. The summed E-state index contributed by atoms with van der Waals surface area (Å²) in [7, 11) is -2.89. The lowest BCUT2D eigenvalue weighted by atomic mass is 9.95. The van der Waals surface area contributed by atoms with Gasteiger partial charge in [0.2, 0.25) is 0 Å². The molecule has 1 aromatic carbocycles. The van der Waals surface area contributed by atoms with E-state index < -0.39 is 9.84 Å². The van der Waals surface area contributed by atoms with Gasteiger partial charge in [-0.1, -0.05) is 34.5 Å². The van der Waals surface area contributed by atoms with Crippen molar-refractivity contribution >= 4 is 25.8 Å². The molecule has 19 heavy (non-hydrogen) atoms. The van der Waals surface area contributed by atoms with Crippen LogP contribution in [-0.4, -0.2) is 26.0 Å². The first-order valence-electron chi connectivity index (χ1n) is 6.62. The van der Waals surface area contributed by atoms with Gasteiger partial charge >= 0.3 is 0 Å². The van der Waals surface area contributed by atoms with Gasteiger partial charge in [-0.3, -0.25) is 0 Å². The van der Waals surface area contributed by atoms with Crippen LogP contribution in [0.3, 0.4) is 0 Å². The molecule has 1 aromatic rings. The topological polar surface area (TPSA) is 46.2 Å². The summed E-state index contributed by atoms with van der Waals surface area (Å²) >= 11 is 3.42. The Hall–Kier alpha value is -0.390. The van der Waals surface area contributed by atoms with Crippen molar-refractivity contribution in [2.45, 2.75) is 43.5 Å². The average molecular weight is 346 g/mol. The number of rotatable bonds is 4. The zero-order chi connectivity index (χ0) is 13.9. The lowest BCUT2D eigenvalue weighted by Gasteiger charge is -2.28. The van der Waals surface area contributed by atoms with Crippen molar-refractivity contribution < 1.29 is 8.42 Å². The summed E-state index contributed by atoms with van der Waals surface area (Å²) in [4.78, 5) is 0. The Kier molecular flexibility index (Phi) is 5.03. The number of halogens is 1. The summed E-state index contributed by atoms with van der Waals surface area (Å²) in [6.07, 6.45) is 4.98. The van der Waals surface area contributed by atoms with Crippen molar-refractivity contribution in [3.63, 3.8) is 0 Å².